The molecule has 0 unspecified atom stereocenters. The number of ether oxygens (including phenoxy) is 1. The van der Waals surface area contributed by atoms with Crippen molar-refractivity contribution in [1.29, 1.82) is 0 Å². The predicted octanol–water partition coefficient (Wildman–Crippen LogP) is 3.02. The Bertz CT molecular complexity index is 430. The van der Waals surface area contributed by atoms with Gasteiger partial charge in [-0.3, -0.25) is 0 Å². The molecule has 1 N–H and O–H groups in total. The smallest absolute Gasteiger partial charge is 0.125 e. The van der Waals surface area contributed by atoms with Crippen molar-refractivity contribution in [2.24, 2.45) is 11.8 Å². The minimum Gasteiger partial charge on any atom is -0.490 e. The van der Waals surface area contributed by atoms with Crippen LogP contribution in [0, 0.1) is 25.7 Å². The number of aryl methyl sites for hydroxylation is 2. The van der Waals surface area contributed by atoms with Crippen molar-refractivity contribution in [2.75, 3.05) is 26.2 Å². The molecule has 1 saturated heterocycles. The highest BCUT2D eigenvalue weighted by atomic mass is 16.5. The van der Waals surface area contributed by atoms with Crippen LogP contribution in [0.1, 0.15) is 31.4 Å². The van der Waals surface area contributed by atoms with Crippen LogP contribution in [-0.2, 0) is 0 Å². The fourth-order valence-electron chi connectivity index (χ4n) is 3.50. The largest absolute Gasteiger partial charge is 0.490 e. The first-order valence-corrected chi connectivity index (χ1v) is 8.05. The molecule has 1 aliphatic heterocycles. The minimum atomic E-state index is -0.429. The Morgan fingerprint density at radius 1 is 1.19 bits per heavy atom. The molecule has 1 aliphatic rings. The number of hydrogen-bond donors (Lipinski definition) is 1. The van der Waals surface area contributed by atoms with Gasteiger partial charge in [0.25, 0.3) is 0 Å². The number of aliphatic hydroxyl groups is 1. The van der Waals surface area contributed by atoms with Gasteiger partial charge in [0.2, 0.25) is 0 Å². The van der Waals surface area contributed by atoms with E-state index in [0.29, 0.717) is 13.2 Å². The van der Waals surface area contributed by atoms with E-state index in [1.807, 2.05) is 32.0 Å². The van der Waals surface area contributed by atoms with Gasteiger partial charge in [0.05, 0.1) is 0 Å². The lowest BCUT2D eigenvalue weighted by molar-refractivity contribution is 0.0426. The molecule has 0 aliphatic carbocycles. The quantitative estimate of drug-likeness (QED) is 0.905. The number of hydrogen-bond acceptors (Lipinski definition) is 3. The first-order chi connectivity index (χ1) is 9.95. The average Bonchev–Trinajstić information content (AvgIpc) is 2.36. The lowest BCUT2D eigenvalue weighted by Crippen LogP contribution is -2.44. The lowest BCUT2D eigenvalue weighted by Gasteiger charge is -2.36. The van der Waals surface area contributed by atoms with Crippen molar-refractivity contribution < 1.29 is 9.84 Å². The summed E-state index contributed by atoms with van der Waals surface area (Å²) in [5.41, 5.74) is 2.25. The second kappa shape index (κ2) is 7.28. The molecule has 2 rings (SSSR count). The monoisotopic (exact) mass is 291 g/mol. The zero-order valence-electron chi connectivity index (χ0n) is 13.8. The highest BCUT2D eigenvalue weighted by Crippen LogP contribution is 2.23. The van der Waals surface area contributed by atoms with Crippen LogP contribution >= 0.6 is 0 Å². The van der Waals surface area contributed by atoms with Crippen molar-refractivity contribution in [3.8, 4) is 5.75 Å². The normalized spacial score (nSPS) is 24.8. The summed E-state index contributed by atoms with van der Waals surface area (Å²) < 4.78 is 5.85. The Morgan fingerprint density at radius 3 is 2.33 bits per heavy atom. The molecule has 1 heterocycles. The standard InChI is InChI=1S/C18H29NO2/c1-13-8-14(2)10-19(9-13)11-17(20)12-21-18-15(3)6-5-7-16(18)4/h5-7,13-14,17,20H,8-12H2,1-4H3/t13-,14+,17-/m1/s1. The van der Waals surface area contributed by atoms with Crippen LogP contribution in [0.3, 0.4) is 0 Å². The molecular formula is C18H29NO2. The van der Waals surface area contributed by atoms with Gasteiger partial charge in [0, 0.05) is 19.6 Å². The number of piperidine rings is 1. The zero-order valence-corrected chi connectivity index (χ0v) is 13.8. The zero-order chi connectivity index (χ0) is 15.4. The summed E-state index contributed by atoms with van der Waals surface area (Å²) in [6.45, 7) is 11.9. The van der Waals surface area contributed by atoms with Crippen molar-refractivity contribution >= 4 is 0 Å². The average molecular weight is 291 g/mol. The maximum absolute atomic E-state index is 10.3. The molecule has 118 valence electrons. The van der Waals surface area contributed by atoms with Crippen LogP contribution in [0.4, 0.5) is 0 Å². The van der Waals surface area contributed by atoms with E-state index in [2.05, 4.69) is 18.7 Å². The number of likely N-dealkylation sites (tertiary alicyclic amines) is 1. The summed E-state index contributed by atoms with van der Waals surface area (Å²) >= 11 is 0. The van der Waals surface area contributed by atoms with Crippen molar-refractivity contribution in [3.63, 3.8) is 0 Å². The molecule has 1 fully saturated rings. The molecular weight excluding hydrogens is 262 g/mol. The van der Waals surface area contributed by atoms with Gasteiger partial charge in [0.1, 0.15) is 18.5 Å². The number of benzene rings is 1. The fraction of sp³-hybridized carbons (Fsp3) is 0.667. The SMILES string of the molecule is Cc1cccc(C)c1OC[C@H](O)CN1C[C@H](C)C[C@H](C)C1. The molecule has 1 aromatic rings. The summed E-state index contributed by atoms with van der Waals surface area (Å²) in [6.07, 6.45) is 0.868. The molecule has 0 spiro atoms. The molecule has 0 aromatic heterocycles. The number of nitrogens with zero attached hydrogens (tertiary/aromatic N) is 1. The maximum atomic E-state index is 10.3. The van der Waals surface area contributed by atoms with E-state index in [9.17, 15) is 5.11 Å². The third-order valence-electron chi connectivity index (χ3n) is 4.24. The van der Waals surface area contributed by atoms with Gasteiger partial charge >= 0.3 is 0 Å². The third kappa shape index (κ3) is 4.72. The van der Waals surface area contributed by atoms with E-state index in [1.54, 1.807) is 0 Å². The van der Waals surface area contributed by atoms with Crippen molar-refractivity contribution in [3.05, 3.63) is 29.3 Å². The predicted molar refractivity (Wildman–Crippen MR) is 86.8 cm³/mol. The van der Waals surface area contributed by atoms with E-state index >= 15 is 0 Å². The molecule has 3 atom stereocenters. The Balaban J connectivity index is 1.83. The highest BCUT2D eigenvalue weighted by Gasteiger charge is 2.23. The molecule has 0 saturated carbocycles. The van der Waals surface area contributed by atoms with Gasteiger partial charge in [0.15, 0.2) is 0 Å². The number of β-amino-alcohol motifs (C(OH)–C–C–N with tert-alkyl or cyclic N) is 1. The topological polar surface area (TPSA) is 32.7 Å². The van der Waals surface area contributed by atoms with Crippen LogP contribution in [0.25, 0.3) is 0 Å². The fourth-order valence-corrected chi connectivity index (χ4v) is 3.50. The summed E-state index contributed by atoms with van der Waals surface area (Å²) in [7, 11) is 0. The van der Waals surface area contributed by atoms with Crippen molar-refractivity contribution in [2.45, 2.75) is 40.2 Å². The van der Waals surface area contributed by atoms with Crippen LogP contribution in [0.2, 0.25) is 0 Å². The minimum absolute atomic E-state index is 0.366. The van der Waals surface area contributed by atoms with Gasteiger partial charge in [-0.05, 0) is 43.2 Å². The van der Waals surface area contributed by atoms with Gasteiger partial charge in [-0.1, -0.05) is 32.0 Å². The van der Waals surface area contributed by atoms with Gasteiger partial charge in [-0.2, -0.15) is 0 Å². The summed E-state index contributed by atoms with van der Waals surface area (Å²) in [5, 5.41) is 10.3. The van der Waals surface area contributed by atoms with Crippen LogP contribution in [0.5, 0.6) is 5.75 Å². The Labute approximate surface area is 128 Å². The van der Waals surface area contributed by atoms with E-state index in [4.69, 9.17) is 4.74 Å². The number of rotatable bonds is 5. The first kappa shape index (κ1) is 16.3. The molecule has 3 heteroatoms. The van der Waals surface area contributed by atoms with Crippen LogP contribution < -0.4 is 4.74 Å². The summed E-state index contributed by atoms with van der Waals surface area (Å²) in [5.74, 6) is 2.36. The Hall–Kier alpha value is -1.06. The second-order valence-corrected chi connectivity index (χ2v) is 6.85. The van der Waals surface area contributed by atoms with Crippen LogP contribution in [0.15, 0.2) is 18.2 Å². The van der Waals surface area contributed by atoms with Gasteiger partial charge in [-0.15, -0.1) is 0 Å². The highest BCUT2D eigenvalue weighted by molar-refractivity contribution is 5.39. The molecule has 1 aromatic carbocycles. The Morgan fingerprint density at radius 2 is 1.76 bits per heavy atom. The number of para-hydroxylation sites is 1. The van der Waals surface area contributed by atoms with Gasteiger partial charge < -0.3 is 14.7 Å². The molecule has 0 bridgehead atoms. The molecule has 3 nitrogen and oxygen atoms in total. The lowest BCUT2D eigenvalue weighted by atomic mass is 9.92. The summed E-state index contributed by atoms with van der Waals surface area (Å²) in [4.78, 5) is 2.37. The van der Waals surface area contributed by atoms with Gasteiger partial charge in [-0.25, -0.2) is 0 Å². The first-order valence-electron chi connectivity index (χ1n) is 8.05. The molecule has 21 heavy (non-hydrogen) atoms. The van der Waals surface area contributed by atoms with E-state index in [0.717, 1.165) is 41.8 Å². The van der Waals surface area contributed by atoms with E-state index < -0.39 is 6.10 Å². The molecule has 0 amide bonds. The molecule has 0 radical (unpaired) electrons. The number of aliphatic hydroxyl groups excluding tert-OH is 1. The van der Waals surface area contributed by atoms with Crippen molar-refractivity contribution in [1.82, 2.24) is 4.90 Å². The second-order valence-electron chi connectivity index (χ2n) is 6.85. The van der Waals surface area contributed by atoms with E-state index in [1.165, 1.54) is 6.42 Å². The maximum Gasteiger partial charge on any atom is 0.125 e. The summed E-state index contributed by atoms with van der Waals surface area (Å²) in [6, 6.07) is 6.12. The third-order valence-corrected chi connectivity index (χ3v) is 4.24. The van der Waals surface area contributed by atoms with Crippen LogP contribution in [-0.4, -0.2) is 42.4 Å². The van der Waals surface area contributed by atoms with E-state index in [-0.39, 0.29) is 0 Å². The Kier molecular flexibility index (Phi) is 5.65.